The second kappa shape index (κ2) is 3.60. The zero-order chi connectivity index (χ0) is 10.0. The van der Waals surface area contributed by atoms with Crippen LogP contribution < -0.4 is 5.32 Å². The van der Waals surface area contributed by atoms with E-state index in [0.29, 0.717) is 5.92 Å². The second-order valence-corrected chi connectivity index (χ2v) is 3.32. The Kier molecular flexibility index (Phi) is 2.70. The van der Waals surface area contributed by atoms with E-state index in [4.69, 9.17) is 5.11 Å². The third kappa shape index (κ3) is 2.31. The summed E-state index contributed by atoms with van der Waals surface area (Å²) in [5.74, 6) is -0.867. The van der Waals surface area contributed by atoms with Gasteiger partial charge in [0.1, 0.15) is 5.70 Å². The number of rotatable bonds is 3. The number of amides is 1. The maximum Gasteiger partial charge on any atom is 0.352 e. The van der Waals surface area contributed by atoms with Crippen LogP contribution >= 0.6 is 0 Å². The highest BCUT2D eigenvalue weighted by Crippen LogP contribution is 2.37. The molecule has 0 saturated heterocycles. The molecule has 1 amide bonds. The molecule has 72 valence electrons. The fraction of sp³-hybridized carbons (Fsp3) is 0.556. The number of carbonyl (C=O) groups excluding carboxylic acids is 1. The number of hydrogen-bond donors (Lipinski definition) is 2. The molecule has 1 fully saturated rings. The number of carboxylic acids is 1. The molecular weight excluding hydrogens is 170 g/mol. The molecule has 4 nitrogen and oxygen atoms in total. The van der Waals surface area contributed by atoms with Gasteiger partial charge in [-0.15, -0.1) is 0 Å². The standard InChI is InChI=1S/C9H13NO3/c1-3-7(9(12)13)10-8(11)6-4-5(6)2/h3,5-6H,4H2,1-2H3,(H,10,11)(H,12,13)/b7-3+. The van der Waals surface area contributed by atoms with Crippen molar-refractivity contribution < 1.29 is 14.7 Å². The smallest absolute Gasteiger partial charge is 0.352 e. The van der Waals surface area contributed by atoms with Crippen LogP contribution in [0.2, 0.25) is 0 Å². The lowest BCUT2D eigenvalue weighted by atomic mass is 10.3. The number of hydrogen-bond acceptors (Lipinski definition) is 2. The number of carbonyl (C=O) groups is 2. The van der Waals surface area contributed by atoms with E-state index in [9.17, 15) is 9.59 Å². The van der Waals surface area contributed by atoms with Crippen molar-refractivity contribution in [3.63, 3.8) is 0 Å². The molecule has 1 aliphatic carbocycles. The van der Waals surface area contributed by atoms with Gasteiger partial charge < -0.3 is 10.4 Å². The fourth-order valence-corrected chi connectivity index (χ4v) is 1.16. The van der Waals surface area contributed by atoms with Gasteiger partial charge in [0.15, 0.2) is 0 Å². The van der Waals surface area contributed by atoms with E-state index in [2.05, 4.69) is 5.32 Å². The normalized spacial score (nSPS) is 26.8. The lowest BCUT2D eigenvalue weighted by molar-refractivity contribution is -0.134. The molecule has 1 rings (SSSR count). The molecule has 2 unspecified atom stereocenters. The van der Waals surface area contributed by atoms with Crippen molar-refractivity contribution in [1.29, 1.82) is 0 Å². The monoisotopic (exact) mass is 183 g/mol. The van der Waals surface area contributed by atoms with Crippen LogP contribution in [-0.2, 0) is 9.59 Å². The summed E-state index contributed by atoms with van der Waals surface area (Å²) in [5.41, 5.74) is -0.0379. The van der Waals surface area contributed by atoms with Gasteiger partial charge in [-0.2, -0.15) is 0 Å². The van der Waals surface area contributed by atoms with Crippen molar-refractivity contribution in [2.75, 3.05) is 0 Å². The van der Waals surface area contributed by atoms with Crippen LogP contribution in [0, 0.1) is 11.8 Å². The highest BCUT2D eigenvalue weighted by atomic mass is 16.4. The van der Waals surface area contributed by atoms with Crippen molar-refractivity contribution in [1.82, 2.24) is 5.32 Å². The van der Waals surface area contributed by atoms with Gasteiger partial charge in [0.25, 0.3) is 0 Å². The van der Waals surface area contributed by atoms with Gasteiger partial charge in [-0.1, -0.05) is 13.0 Å². The first-order chi connectivity index (χ1) is 6.06. The first-order valence-electron chi connectivity index (χ1n) is 4.26. The van der Waals surface area contributed by atoms with Gasteiger partial charge >= 0.3 is 5.97 Å². The maximum absolute atomic E-state index is 11.3. The molecule has 1 aliphatic rings. The fourth-order valence-electron chi connectivity index (χ4n) is 1.16. The van der Waals surface area contributed by atoms with Crippen molar-refractivity contribution in [3.8, 4) is 0 Å². The van der Waals surface area contributed by atoms with Crippen LogP contribution in [0.3, 0.4) is 0 Å². The molecule has 0 aromatic carbocycles. The number of carboxylic acid groups (broad SMARTS) is 1. The Morgan fingerprint density at radius 1 is 1.54 bits per heavy atom. The van der Waals surface area contributed by atoms with Crippen LogP contribution in [0.4, 0.5) is 0 Å². The zero-order valence-electron chi connectivity index (χ0n) is 7.70. The van der Waals surface area contributed by atoms with Gasteiger partial charge in [0, 0.05) is 5.92 Å². The van der Waals surface area contributed by atoms with E-state index in [-0.39, 0.29) is 17.5 Å². The van der Waals surface area contributed by atoms with E-state index in [1.54, 1.807) is 6.92 Å². The molecule has 2 N–H and O–H groups in total. The molecule has 0 aromatic rings. The topological polar surface area (TPSA) is 66.4 Å². The summed E-state index contributed by atoms with van der Waals surface area (Å²) in [4.78, 5) is 21.8. The average Bonchev–Trinajstić information content (AvgIpc) is 2.77. The van der Waals surface area contributed by atoms with Crippen LogP contribution in [0.5, 0.6) is 0 Å². The third-order valence-corrected chi connectivity index (χ3v) is 2.22. The molecule has 2 atom stereocenters. The maximum atomic E-state index is 11.3. The van der Waals surface area contributed by atoms with E-state index in [0.717, 1.165) is 6.42 Å². The predicted molar refractivity (Wildman–Crippen MR) is 46.8 cm³/mol. The Hall–Kier alpha value is -1.32. The summed E-state index contributed by atoms with van der Waals surface area (Å²) in [7, 11) is 0. The number of aliphatic carboxylic acids is 1. The minimum Gasteiger partial charge on any atom is -0.477 e. The van der Waals surface area contributed by atoms with Crippen LogP contribution in [0.15, 0.2) is 11.8 Å². The Morgan fingerprint density at radius 2 is 2.08 bits per heavy atom. The molecule has 0 heterocycles. The zero-order valence-corrected chi connectivity index (χ0v) is 7.70. The molecular formula is C9H13NO3. The Bertz CT molecular complexity index is 270. The summed E-state index contributed by atoms with van der Waals surface area (Å²) in [6, 6.07) is 0. The highest BCUT2D eigenvalue weighted by Gasteiger charge is 2.39. The van der Waals surface area contributed by atoms with Gasteiger partial charge in [-0.25, -0.2) is 4.79 Å². The van der Waals surface area contributed by atoms with E-state index in [1.165, 1.54) is 6.08 Å². The summed E-state index contributed by atoms with van der Waals surface area (Å²) in [5, 5.41) is 11.0. The minimum absolute atomic E-state index is 0.00861. The predicted octanol–water partition coefficient (Wildman–Crippen LogP) is 0.747. The molecule has 0 radical (unpaired) electrons. The summed E-state index contributed by atoms with van der Waals surface area (Å²) in [6.07, 6.45) is 2.25. The molecule has 0 bridgehead atoms. The largest absolute Gasteiger partial charge is 0.477 e. The summed E-state index contributed by atoms with van der Waals surface area (Å²) in [6.45, 7) is 3.56. The van der Waals surface area contributed by atoms with E-state index in [1.807, 2.05) is 6.92 Å². The lowest BCUT2D eigenvalue weighted by Crippen LogP contribution is -2.28. The Labute approximate surface area is 76.6 Å². The summed E-state index contributed by atoms with van der Waals surface area (Å²) < 4.78 is 0. The first kappa shape index (κ1) is 9.77. The average molecular weight is 183 g/mol. The van der Waals surface area contributed by atoms with Crippen molar-refractivity contribution in [3.05, 3.63) is 11.8 Å². The van der Waals surface area contributed by atoms with Gasteiger partial charge in [0.2, 0.25) is 5.91 Å². The molecule has 0 aliphatic heterocycles. The molecule has 0 spiro atoms. The summed E-state index contributed by atoms with van der Waals surface area (Å²) >= 11 is 0. The van der Waals surface area contributed by atoms with Gasteiger partial charge in [-0.05, 0) is 19.3 Å². The molecule has 4 heteroatoms. The highest BCUT2D eigenvalue weighted by molar-refractivity contribution is 5.94. The Morgan fingerprint density at radius 3 is 2.38 bits per heavy atom. The van der Waals surface area contributed by atoms with Crippen molar-refractivity contribution in [2.45, 2.75) is 20.3 Å². The lowest BCUT2D eigenvalue weighted by Gasteiger charge is -2.03. The number of allylic oxidation sites excluding steroid dienone is 1. The third-order valence-electron chi connectivity index (χ3n) is 2.22. The van der Waals surface area contributed by atoms with E-state index < -0.39 is 5.97 Å². The quantitative estimate of drug-likeness (QED) is 0.634. The van der Waals surface area contributed by atoms with E-state index >= 15 is 0 Å². The second-order valence-electron chi connectivity index (χ2n) is 3.32. The van der Waals surface area contributed by atoms with Crippen molar-refractivity contribution >= 4 is 11.9 Å². The Balaban J connectivity index is 2.48. The van der Waals surface area contributed by atoms with Gasteiger partial charge in [-0.3, -0.25) is 4.79 Å². The van der Waals surface area contributed by atoms with Crippen LogP contribution in [0.25, 0.3) is 0 Å². The molecule has 0 aromatic heterocycles. The van der Waals surface area contributed by atoms with Crippen LogP contribution in [0.1, 0.15) is 20.3 Å². The van der Waals surface area contributed by atoms with Crippen LogP contribution in [-0.4, -0.2) is 17.0 Å². The van der Waals surface area contributed by atoms with Gasteiger partial charge in [0.05, 0.1) is 0 Å². The minimum atomic E-state index is -1.09. The number of nitrogens with one attached hydrogen (secondary N) is 1. The van der Waals surface area contributed by atoms with Crippen molar-refractivity contribution in [2.24, 2.45) is 11.8 Å². The molecule has 1 saturated carbocycles. The first-order valence-corrected chi connectivity index (χ1v) is 4.26. The molecule has 13 heavy (non-hydrogen) atoms. The SMILES string of the molecule is C/C=C(/NC(=O)C1CC1C)C(=O)O.